The molecule has 0 bridgehead atoms. The van der Waals surface area contributed by atoms with Crippen molar-refractivity contribution in [2.24, 2.45) is 0 Å². The first-order chi connectivity index (χ1) is 36.9. The van der Waals surface area contributed by atoms with Gasteiger partial charge in [0.25, 0.3) is 0 Å². The van der Waals surface area contributed by atoms with Gasteiger partial charge in [-0.25, -0.2) is 0 Å². The van der Waals surface area contributed by atoms with Gasteiger partial charge in [-0.05, 0) is 11.1 Å². The van der Waals surface area contributed by atoms with Crippen LogP contribution in [0.5, 0.6) is 0 Å². The summed E-state index contributed by atoms with van der Waals surface area (Å²) in [5.74, 6) is 0.935. The van der Waals surface area contributed by atoms with E-state index in [0.29, 0.717) is 13.2 Å². The van der Waals surface area contributed by atoms with Crippen molar-refractivity contribution in [3.05, 3.63) is 33.5 Å². The van der Waals surface area contributed by atoms with Gasteiger partial charge in [0.05, 0.1) is 0 Å². The van der Waals surface area contributed by atoms with Crippen LogP contribution in [0.4, 0.5) is 0 Å². The van der Waals surface area contributed by atoms with Crippen molar-refractivity contribution in [3.63, 3.8) is 0 Å². The van der Waals surface area contributed by atoms with Gasteiger partial charge in [0, 0.05) is 0 Å². The van der Waals surface area contributed by atoms with Crippen LogP contribution < -0.4 is 131 Å². The van der Waals surface area contributed by atoms with Crippen molar-refractivity contribution in [2.75, 3.05) is 6.61 Å². The van der Waals surface area contributed by atoms with Gasteiger partial charge in [-0.1, -0.05) is 44.3 Å². The fourth-order valence-electron chi connectivity index (χ4n) is 14.8. The zero-order valence-electron chi connectivity index (χ0n) is 53.4. The molecule has 79 heavy (non-hydrogen) atoms. The van der Waals surface area contributed by atoms with Crippen molar-refractivity contribution in [3.8, 4) is 27.9 Å². The Hall–Kier alpha value is -4.74. The first-order valence-electron chi connectivity index (χ1n) is 29.0. The Morgan fingerprint density at radius 1 is 0.443 bits per heavy atom. The van der Waals surface area contributed by atoms with E-state index in [2.05, 4.69) is 226 Å². The molecular weight excluding hydrogens is 928 g/mol. The zero-order chi connectivity index (χ0) is 58.1. The van der Waals surface area contributed by atoms with Crippen LogP contribution in [0.25, 0.3) is 88.0 Å². The molecule has 1 aliphatic rings. The summed E-state index contributed by atoms with van der Waals surface area (Å²) in [4.78, 5) is 0. The monoisotopic (exact) mass is 995 g/mol. The van der Waals surface area contributed by atoms with Crippen molar-refractivity contribution in [1.29, 1.82) is 0 Å². The zero-order valence-corrected chi connectivity index (χ0v) is 53.4. The minimum absolute atomic E-state index is 0.517. The number of hydrogen-bond acceptors (Lipinski definition) is 2. The number of ether oxygens (including phenoxy) is 1. The van der Waals surface area contributed by atoms with E-state index in [-0.39, 0.29) is 0 Å². The molecule has 10 rings (SSSR count). The molecule has 6 aromatic carbocycles. The normalized spacial score (nSPS) is 13.7. The second kappa shape index (κ2) is 20.0. The molecule has 4 heterocycles. The maximum absolute atomic E-state index is 7.07. The van der Waals surface area contributed by atoms with Gasteiger partial charge in [0.1, 0.15) is 86.3 Å². The predicted molar refractivity (Wildman–Crippen MR) is 433 cm³/mol. The van der Waals surface area contributed by atoms with E-state index in [1.54, 1.807) is 0 Å². The average Bonchev–Trinajstić information content (AvgIpc) is 3.44. The van der Waals surface area contributed by atoms with E-state index in [1.807, 2.05) is 0 Å². The summed E-state index contributed by atoms with van der Waals surface area (Å²) in [5, 5.41) is 6.51. The fraction of sp³-hybridized carbons (Fsp3) is 0.0625. The molecule has 0 spiro atoms. The number of hydrogen-bond donors (Lipinski definition) is 0. The quantitative estimate of drug-likeness (QED) is 0.161. The molecule has 0 aliphatic carbocycles. The number of benzene rings is 6. The summed E-state index contributed by atoms with van der Waals surface area (Å²) >= 11 is 0. The molecule has 356 valence electrons. The molecule has 3 aromatic heterocycles. The topological polar surface area (TPSA) is 32.2 Å². The SMILES string of the molecule is B=C(/C(B)=c1/oc2c(/c1=C(\B)C)COCC(B)=C2B)n1c2c(B)c(B)c(B)c(B)c2c2c(B)c(-c3c(B)c(B)c4c(c3B)c3c(B)c(B)c(B)c(B)c3n4-c3c(B)c(B)c(-c4cc(B)c(B)c(B)c4B)c(B)c3B)c(B)c(B)c21. The molecule has 4 nitrogen and oxygen atoms in total. The molecule has 0 atom stereocenters. The number of rotatable bonds is 5. The third-order valence-electron chi connectivity index (χ3n) is 21.2. The van der Waals surface area contributed by atoms with Gasteiger partial charge in [-0.15, -0.1) is 10.9 Å². The first-order valence-corrected chi connectivity index (χ1v) is 29.0. The van der Waals surface area contributed by atoms with Crippen LogP contribution in [0, 0.1) is 0 Å². The van der Waals surface area contributed by atoms with E-state index >= 15 is 0 Å². The third kappa shape index (κ3) is 7.88. The van der Waals surface area contributed by atoms with Crippen LogP contribution in [-0.4, -0.2) is 233 Å². The Morgan fingerprint density at radius 2 is 0.848 bits per heavy atom. The summed E-state index contributed by atoms with van der Waals surface area (Å²) in [6.45, 7) is 3.32. The average molecular weight is 990 g/mol. The van der Waals surface area contributed by atoms with Crippen LogP contribution in [0.1, 0.15) is 18.2 Å². The summed E-state index contributed by atoms with van der Waals surface area (Å²) < 4.78 is 18.6. The van der Waals surface area contributed by atoms with Crippen LogP contribution in [0.2, 0.25) is 0 Å². The molecule has 0 fully saturated rings. The summed E-state index contributed by atoms with van der Waals surface area (Å²) in [7, 11) is 65.6. The Labute approximate surface area is 493 Å². The molecular formula is C48H61B27N2O2. The van der Waals surface area contributed by atoms with Crippen LogP contribution in [0.15, 0.2) is 16.0 Å². The van der Waals surface area contributed by atoms with Crippen molar-refractivity contribution >= 4 is 397 Å². The third-order valence-corrected chi connectivity index (χ3v) is 21.2. The first kappa shape index (κ1) is 57.5. The number of aromatic nitrogens is 2. The Morgan fingerprint density at radius 3 is 1.35 bits per heavy atom. The number of fused-ring (bicyclic) bond motifs is 7. The standard InChI is InChI=1S/C48H61B27N2O2/c1-5(49)10-7-3-78-4-9(51)20(54)46(7)79-47(10)40(74)48(75)77-43-15(17-28(62)31(65)33(67)39(73)44(17)77)22(56)13(26(60)35(43)69)12-21(55)14-16-27(61)30(64)32(66)38(72)42(16)76(41(14)34(68)25(12)59)45-36(70)23(57)11(24(58)37(45)71)6-2-8(50)19(53)29(63)18(6)52/h2,75H,3-4,49-74H2,1H3/b10-5+,47-40-. The fourth-order valence-corrected chi connectivity index (χ4v) is 14.8. The van der Waals surface area contributed by atoms with E-state index < -0.39 is 0 Å². The van der Waals surface area contributed by atoms with E-state index in [4.69, 9.17) is 16.6 Å². The predicted octanol–water partition coefficient (Wildman–Crippen LogP) is -33.0. The number of furan rings is 1. The summed E-state index contributed by atoms with van der Waals surface area (Å²) in [6, 6.07) is 2.44. The Bertz CT molecular complexity index is 4530. The van der Waals surface area contributed by atoms with Crippen LogP contribution in [0.3, 0.4) is 0 Å². The molecule has 9 aromatic rings. The van der Waals surface area contributed by atoms with E-state index in [9.17, 15) is 0 Å². The molecule has 0 saturated heterocycles. The van der Waals surface area contributed by atoms with Gasteiger partial charge < -0.3 is 0 Å². The van der Waals surface area contributed by atoms with Crippen molar-refractivity contribution < 1.29 is 9.15 Å². The van der Waals surface area contributed by atoms with Gasteiger partial charge in [0.2, 0.25) is 0 Å². The second-order valence-corrected chi connectivity index (χ2v) is 25.0. The van der Waals surface area contributed by atoms with Crippen molar-refractivity contribution in [1.82, 2.24) is 9.13 Å². The Balaban J connectivity index is 1.34. The second-order valence-electron chi connectivity index (χ2n) is 25.0. The van der Waals surface area contributed by atoms with Crippen LogP contribution in [-0.2, 0) is 11.3 Å². The number of nitrogens with zero attached hydrogens (tertiary/aromatic N) is 2. The van der Waals surface area contributed by atoms with E-state index in [1.165, 1.54) is 203 Å². The molecule has 31 heteroatoms. The molecule has 0 unspecified atom stereocenters. The van der Waals surface area contributed by atoms with Gasteiger partial charge >= 0.3 is 344 Å². The molecule has 1 aliphatic heterocycles. The minimum atomic E-state index is 0.517. The summed E-state index contributed by atoms with van der Waals surface area (Å²) in [5.41, 5.74) is 49.0. The molecule has 0 radical (unpaired) electrons. The van der Waals surface area contributed by atoms with Gasteiger partial charge in [0.15, 0.2) is 0 Å². The Kier molecular flexibility index (Phi) is 14.6. The molecule has 0 saturated carbocycles. The van der Waals surface area contributed by atoms with Gasteiger partial charge in [-0.3, -0.25) is 0 Å². The molecule has 0 N–H and O–H groups in total. The van der Waals surface area contributed by atoms with Gasteiger partial charge in [-0.2, -0.15) is 0 Å². The van der Waals surface area contributed by atoms with E-state index in [0.717, 1.165) is 38.5 Å². The summed E-state index contributed by atoms with van der Waals surface area (Å²) in [6.07, 6.45) is 0. The maximum atomic E-state index is 7.07. The van der Waals surface area contributed by atoms with Crippen LogP contribution >= 0.6 is 0 Å². The van der Waals surface area contributed by atoms with Crippen molar-refractivity contribution in [2.45, 2.75) is 13.5 Å². The molecule has 0 amide bonds.